The Bertz CT molecular complexity index is 1050. The number of nitrogens with zero attached hydrogens (tertiary/aromatic N) is 3. The summed E-state index contributed by atoms with van der Waals surface area (Å²) in [6, 6.07) is 4.60. The topological polar surface area (TPSA) is 65.5 Å². The van der Waals surface area contributed by atoms with Gasteiger partial charge in [-0.25, -0.2) is 22.2 Å². The van der Waals surface area contributed by atoms with Crippen molar-refractivity contribution in [2.24, 2.45) is 0 Å². The van der Waals surface area contributed by atoms with Crippen molar-refractivity contribution in [3.8, 4) is 0 Å². The highest BCUT2D eigenvalue weighted by molar-refractivity contribution is 7.92. The van der Waals surface area contributed by atoms with E-state index in [4.69, 9.17) is 11.6 Å². The summed E-state index contributed by atoms with van der Waals surface area (Å²) >= 11 is 6.10. The third kappa shape index (κ3) is 3.88. The highest BCUT2D eigenvalue weighted by Crippen LogP contribution is 2.37. The van der Waals surface area contributed by atoms with Crippen LogP contribution in [-0.2, 0) is 10.0 Å². The molecule has 0 amide bonds. The average molecular weight is 447 g/mol. The molecule has 0 saturated carbocycles. The zero-order chi connectivity index (χ0) is 20.8. The maximum Gasteiger partial charge on any atom is 0.268 e. The highest BCUT2D eigenvalue weighted by atomic mass is 35.5. The molecule has 29 heavy (non-hydrogen) atoms. The fraction of sp³-hybridized carbons (Fsp3) is 0.389. The van der Waals surface area contributed by atoms with Crippen molar-refractivity contribution in [2.75, 3.05) is 35.8 Å². The number of likely N-dealkylation sites (tertiary alicyclic amines) is 1. The van der Waals surface area contributed by atoms with Crippen LogP contribution in [0.5, 0.6) is 0 Å². The summed E-state index contributed by atoms with van der Waals surface area (Å²) in [5.41, 5.74) is 0.118. The Morgan fingerprint density at radius 2 is 1.93 bits per heavy atom. The van der Waals surface area contributed by atoms with Gasteiger partial charge < -0.3 is 4.90 Å². The van der Waals surface area contributed by atoms with Crippen LogP contribution in [0.1, 0.15) is 12.8 Å². The van der Waals surface area contributed by atoms with E-state index in [1.807, 2.05) is 4.72 Å². The van der Waals surface area contributed by atoms with E-state index in [1.165, 1.54) is 6.07 Å². The molecule has 0 aliphatic carbocycles. The molecule has 1 atom stereocenters. The van der Waals surface area contributed by atoms with E-state index in [9.17, 15) is 21.6 Å². The maximum absolute atomic E-state index is 14.9. The zero-order valence-corrected chi connectivity index (χ0v) is 16.8. The summed E-state index contributed by atoms with van der Waals surface area (Å²) in [5.74, 6) is -4.01. The van der Waals surface area contributed by atoms with Crippen molar-refractivity contribution in [1.29, 1.82) is 0 Å². The lowest BCUT2D eigenvalue weighted by molar-refractivity contribution is 0.129. The molecular weight excluding hydrogens is 429 g/mol. The van der Waals surface area contributed by atoms with Gasteiger partial charge in [-0.1, -0.05) is 17.7 Å². The van der Waals surface area contributed by atoms with Gasteiger partial charge in [-0.15, -0.1) is 0 Å². The van der Waals surface area contributed by atoms with Gasteiger partial charge in [0.05, 0.1) is 5.69 Å². The predicted octanol–water partition coefficient (Wildman–Crippen LogP) is 3.24. The molecule has 11 heteroatoms. The Hall–Kier alpha value is -2.04. The normalized spacial score (nSPS) is 20.0. The molecule has 1 aromatic heterocycles. The van der Waals surface area contributed by atoms with Crippen LogP contribution >= 0.6 is 11.6 Å². The van der Waals surface area contributed by atoms with E-state index in [2.05, 4.69) is 9.88 Å². The average Bonchev–Trinajstić information content (AvgIpc) is 3.05. The molecule has 6 nitrogen and oxygen atoms in total. The quantitative estimate of drug-likeness (QED) is 0.564. The lowest BCUT2D eigenvalue weighted by Gasteiger charge is -2.36. The number of nitrogens with one attached hydrogen (secondary N) is 1. The third-order valence-corrected chi connectivity index (χ3v) is 6.98. The number of hydrogen-bond acceptors (Lipinski definition) is 5. The van der Waals surface area contributed by atoms with Crippen molar-refractivity contribution >= 4 is 33.1 Å². The molecule has 1 N–H and O–H groups in total. The standard InChI is InChI=1S/C18H18ClF3N4O2S/c19-16-13(26-8-5-11(10-26)25-6-2-7-25)9-12(20)18(17(16)22)29(27,28)24-15-4-1-3-14(21)23-15/h1,3-4,9,11H,2,5-8,10H2,(H,23,24)/t11-/m1/s1. The van der Waals surface area contributed by atoms with Crippen LogP contribution in [0.4, 0.5) is 24.7 Å². The Kier molecular flexibility index (Phi) is 5.34. The smallest absolute Gasteiger partial charge is 0.268 e. The van der Waals surface area contributed by atoms with Crippen molar-refractivity contribution in [1.82, 2.24) is 9.88 Å². The van der Waals surface area contributed by atoms with E-state index >= 15 is 0 Å². The molecule has 3 heterocycles. The van der Waals surface area contributed by atoms with Crippen molar-refractivity contribution in [2.45, 2.75) is 23.8 Å². The number of sulfonamides is 1. The summed E-state index contributed by atoms with van der Waals surface area (Å²) in [6.07, 6.45) is 1.98. The van der Waals surface area contributed by atoms with E-state index in [1.54, 1.807) is 4.90 Å². The van der Waals surface area contributed by atoms with Gasteiger partial charge in [0.15, 0.2) is 10.7 Å². The number of hydrogen-bond donors (Lipinski definition) is 1. The van der Waals surface area contributed by atoms with Gasteiger partial charge in [-0.3, -0.25) is 9.62 Å². The van der Waals surface area contributed by atoms with Gasteiger partial charge in [-0.2, -0.15) is 4.39 Å². The second kappa shape index (κ2) is 7.66. The number of aromatic nitrogens is 1. The molecule has 2 aromatic rings. The first kappa shape index (κ1) is 20.2. The van der Waals surface area contributed by atoms with E-state index < -0.39 is 43.3 Å². The third-order valence-electron chi connectivity index (χ3n) is 5.23. The monoisotopic (exact) mass is 446 g/mol. The second-order valence-corrected chi connectivity index (χ2v) is 9.06. The summed E-state index contributed by atoms with van der Waals surface area (Å²) in [7, 11) is -4.71. The van der Waals surface area contributed by atoms with Crippen LogP contribution in [0.3, 0.4) is 0 Å². The molecule has 2 saturated heterocycles. The Morgan fingerprint density at radius 1 is 1.17 bits per heavy atom. The van der Waals surface area contributed by atoms with Crippen LogP contribution in [-0.4, -0.2) is 50.5 Å². The fourth-order valence-electron chi connectivity index (χ4n) is 3.66. The Labute approximate surface area is 171 Å². The SMILES string of the molecule is O=S(=O)(Nc1cccc(F)n1)c1c(F)cc(N2CC[C@@H](N3CCC3)C2)c(Cl)c1F. The lowest BCUT2D eigenvalue weighted by Crippen LogP contribution is -2.46. The molecule has 1 aromatic carbocycles. The van der Waals surface area contributed by atoms with Gasteiger partial charge in [0.25, 0.3) is 10.0 Å². The first-order chi connectivity index (χ1) is 13.8. The summed E-state index contributed by atoms with van der Waals surface area (Å²) in [6.45, 7) is 3.14. The molecular formula is C18H18ClF3N4O2S. The molecule has 0 radical (unpaired) electrons. The molecule has 2 fully saturated rings. The minimum Gasteiger partial charge on any atom is -0.369 e. The van der Waals surface area contributed by atoms with Crippen LogP contribution in [0.25, 0.3) is 0 Å². The van der Waals surface area contributed by atoms with Crippen LogP contribution in [0.15, 0.2) is 29.2 Å². The van der Waals surface area contributed by atoms with Crippen LogP contribution in [0, 0.1) is 17.6 Å². The van der Waals surface area contributed by atoms with Gasteiger partial charge in [0.1, 0.15) is 16.7 Å². The van der Waals surface area contributed by atoms with Gasteiger partial charge in [0, 0.05) is 25.2 Å². The van der Waals surface area contributed by atoms with Crippen LogP contribution in [0.2, 0.25) is 5.02 Å². The molecule has 0 spiro atoms. The number of rotatable bonds is 5. The number of halogens is 4. The van der Waals surface area contributed by atoms with Crippen molar-refractivity contribution in [3.63, 3.8) is 0 Å². The first-order valence-corrected chi connectivity index (χ1v) is 10.9. The molecule has 0 unspecified atom stereocenters. The van der Waals surface area contributed by atoms with Gasteiger partial charge in [0.2, 0.25) is 5.95 Å². The molecule has 2 aliphatic heterocycles. The van der Waals surface area contributed by atoms with E-state index in [-0.39, 0.29) is 11.7 Å². The molecule has 4 rings (SSSR count). The number of anilines is 2. The zero-order valence-electron chi connectivity index (χ0n) is 15.2. The summed E-state index contributed by atoms with van der Waals surface area (Å²) < 4.78 is 69.6. The second-order valence-electron chi connectivity index (χ2n) is 7.06. The maximum atomic E-state index is 14.9. The predicted molar refractivity (Wildman–Crippen MR) is 103 cm³/mol. The van der Waals surface area contributed by atoms with E-state index in [0.29, 0.717) is 13.1 Å². The van der Waals surface area contributed by atoms with Crippen molar-refractivity contribution < 1.29 is 21.6 Å². The Morgan fingerprint density at radius 3 is 2.59 bits per heavy atom. The highest BCUT2D eigenvalue weighted by Gasteiger charge is 2.34. The van der Waals surface area contributed by atoms with Crippen molar-refractivity contribution in [3.05, 3.63) is 46.9 Å². The largest absolute Gasteiger partial charge is 0.369 e. The minimum absolute atomic E-state index is 0.118. The van der Waals surface area contributed by atoms with E-state index in [0.717, 1.165) is 44.1 Å². The summed E-state index contributed by atoms with van der Waals surface area (Å²) in [5, 5.41) is -0.469. The molecule has 0 bridgehead atoms. The van der Waals surface area contributed by atoms with Crippen LogP contribution < -0.4 is 9.62 Å². The molecule has 156 valence electrons. The number of benzene rings is 1. The number of pyridine rings is 1. The summed E-state index contributed by atoms with van der Waals surface area (Å²) in [4.78, 5) is 6.17. The Balaban J connectivity index is 1.63. The molecule has 2 aliphatic rings. The first-order valence-electron chi connectivity index (χ1n) is 9.08. The van der Waals surface area contributed by atoms with Gasteiger partial charge in [-0.05, 0) is 38.1 Å². The fourth-order valence-corrected chi connectivity index (χ4v) is 5.13. The minimum atomic E-state index is -4.71. The lowest BCUT2D eigenvalue weighted by atomic mass is 10.1. The van der Waals surface area contributed by atoms with Gasteiger partial charge >= 0.3 is 0 Å².